The lowest BCUT2D eigenvalue weighted by molar-refractivity contribution is -0.135. The highest BCUT2D eigenvalue weighted by molar-refractivity contribution is 5.87. The molecule has 1 heterocycles. The highest BCUT2D eigenvalue weighted by Gasteiger charge is 2.21. The second kappa shape index (κ2) is 15.0. The van der Waals surface area contributed by atoms with Crippen molar-refractivity contribution in [2.24, 2.45) is 5.73 Å². The average molecular weight is 520 g/mol. The third kappa shape index (κ3) is 9.91. The van der Waals surface area contributed by atoms with Gasteiger partial charge >= 0.3 is 0 Å². The van der Waals surface area contributed by atoms with Crippen LogP contribution in [0.5, 0.6) is 11.5 Å². The molecule has 0 fully saturated rings. The van der Waals surface area contributed by atoms with Gasteiger partial charge in [-0.25, -0.2) is 0 Å². The van der Waals surface area contributed by atoms with Crippen LogP contribution in [0.25, 0.3) is 0 Å². The zero-order chi connectivity index (χ0) is 27.4. The second-order valence-corrected chi connectivity index (χ2v) is 9.35. The molecule has 0 aromatic heterocycles. The van der Waals surface area contributed by atoms with Gasteiger partial charge in [-0.15, -0.1) is 0 Å². The quantitative estimate of drug-likeness (QED) is 0.515. The summed E-state index contributed by atoms with van der Waals surface area (Å²) in [5, 5.41) is 5.57. The number of rotatable bonds is 2. The monoisotopic (exact) mass is 519 g/mol. The van der Waals surface area contributed by atoms with E-state index in [1.54, 1.807) is 42.8 Å². The number of nitrogens with one attached hydrogen (secondary N) is 2. The van der Waals surface area contributed by atoms with Crippen LogP contribution in [0.2, 0.25) is 0 Å². The van der Waals surface area contributed by atoms with Crippen molar-refractivity contribution in [2.45, 2.75) is 58.0 Å². The molecule has 0 unspecified atom stereocenters. The molecule has 1 aliphatic heterocycles. The van der Waals surface area contributed by atoms with Crippen LogP contribution < -0.4 is 25.8 Å². The second-order valence-electron chi connectivity index (χ2n) is 9.35. The summed E-state index contributed by atoms with van der Waals surface area (Å²) in [5.74, 6) is -0.0360. The van der Waals surface area contributed by atoms with E-state index in [1.165, 1.54) is 7.11 Å². The standard InChI is InChI=1S/C26H41N5O6/c1-18(27)25(34)31-14-6-5-13-30(3)26(35)19(2)29-24(33)17-37-22-16-20(8-10-21(22)36-4)9-11-23(32)28-12-7-15-31/h8,10,16,18-19H,5-7,9,11-15,17,27H2,1-4H3,(H,28,32)(H,29,33)/t18-,19-/m0/s1. The van der Waals surface area contributed by atoms with Crippen molar-refractivity contribution >= 4 is 23.6 Å². The fourth-order valence-electron chi connectivity index (χ4n) is 4.03. The molecule has 2 atom stereocenters. The maximum absolute atomic E-state index is 12.7. The Morgan fingerprint density at radius 2 is 1.81 bits per heavy atom. The van der Waals surface area contributed by atoms with Gasteiger partial charge in [-0.3, -0.25) is 19.2 Å². The Kier molecular flexibility index (Phi) is 12.1. The summed E-state index contributed by atoms with van der Waals surface area (Å²) in [6, 6.07) is 3.98. The minimum absolute atomic E-state index is 0.0911. The van der Waals surface area contributed by atoms with Crippen LogP contribution in [-0.2, 0) is 25.6 Å². The number of hydrogen-bond donors (Lipinski definition) is 3. The molecule has 1 aromatic rings. The molecule has 0 saturated heterocycles. The Labute approximate surface area is 219 Å². The number of aryl methyl sites for hydroxylation is 1. The molecule has 0 spiro atoms. The van der Waals surface area contributed by atoms with E-state index in [2.05, 4.69) is 10.6 Å². The minimum atomic E-state index is -0.720. The number of carbonyl (C=O) groups is 4. The molecule has 1 aromatic carbocycles. The normalized spacial score (nSPS) is 20.5. The van der Waals surface area contributed by atoms with E-state index >= 15 is 0 Å². The van der Waals surface area contributed by atoms with E-state index in [9.17, 15) is 19.2 Å². The Morgan fingerprint density at radius 3 is 2.51 bits per heavy atom. The predicted molar refractivity (Wildman–Crippen MR) is 139 cm³/mol. The van der Waals surface area contributed by atoms with Gasteiger partial charge in [0.25, 0.3) is 5.91 Å². The van der Waals surface area contributed by atoms with Crippen molar-refractivity contribution in [3.05, 3.63) is 23.8 Å². The molecule has 2 bridgehead atoms. The van der Waals surface area contributed by atoms with E-state index in [1.807, 2.05) is 6.07 Å². The summed E-state index contributed by atoms with van der Waals surface area (Å²) in [7, 11) is 3.19. The van der Waals surface area contributed by atoms with Crippen LogP contribution in [-0.4, -0.2) is 92.5 Å². The van der Waals surface area contributed by atoms with Gasteiger partial charge in [-0.05, 0) is 57.2 Å². The lowest BCUT2D eigenvalue weighted by atomic mass is 10.1. The van der Waals surface area contributed by atoms with Gasteiger partial charge in [0.15, 0.2) is 18.1 Å². The van der Waals surface area contributed by atoms with Crippen LogP contribution in [0.3, 0.4) is 0 Å². The maximum Gasteiger partial charge on any atom is 0.258 e. The molecule has 4 N–H and O–H groups in total. The number of nitrogens with two attached hydrogens (primary N) is 1. The largest absolute Gasteiger partial charge is 0.493 e. The minimum Gasteiger partial charge on any atom is -0.493 e. The van der Waals surface area contributed by atoms with Crippen molar-refractivity contribution in [1.82, 2.24) is 20.4 Å². The van der Waals surface area contributed by atoms with Gasteiger partial charge in [0.2, 0.25) is 17.7 Å². The molecule has 37 heavy (non-hydrogen) atoms. The Balaban J connectivity index is 2.13. The van der Waals surface area contributed by atoms with E-state index < -0.39 is 18.0 Å². The molecule has 0 aliphatic carbocycles. The van der Waals surface area contributed by atoms with Crippen LogP contribution in [0.1, 0.15) is 45.1 Å². The van der Waals surface area contributed by atoms with Gasteiger partial charge in [0.1, 0.15) is 6.04 Å². The summed E-state index contributed by atoms with van der Waals surface area (Å²) >= 11 is 0. The third-order valence-electron chi connectivity index (χ3n) is 6.15. The van der Waals surface area contributed by atoms with Gasteiger partial charge in [0.05, 0.1) is 13.2 Å². The fourth-order valence-corrected chi connectivity index (χ4v) is 4.03. The van der Waals surface area contributed by atoms with E-state index in [4.69, 9.17) is 15.2 Å². The lowest BCUT2D eigenvalue weighted by Crippen LogP contribution is -2.47. The Morgan fingerprint density at radius 1 is 1.11 bits per heavy atom. The first kappa shape index (κ1) is 29.9. The average Bonchev–Trinajstić information content (AvgIpc) is 2.88. The van der Waals surface area contributed by atoms with Gasteiger partial charge in [-0.2, -0.15) is 0 Å². The first-order valence-electron chi connectivity index (χ1n) is 12.8. The third-order valence-corrected chi connectivity index (χ3v) is 6.15. The SMILES string of the molecule is COc1ccc2cc1OCC(=O)N[C@@H](C)C(=O)N(C)CCCCN(C(=O)[C@H](C)N)CCCNC(=O)CC2. The molecule has 206 valence electrons. The number of hydrogen-bond acceptors (Lipinski definition) is 7. The smallest absolute Gasteiger partial charge is 0.258 e. The molecular formula is C26H41N5O6. The van der Waals surface area contributed by atoms with Crippen molar-refractivity contribution in [2.75, 3.05) is 46.9 Å². The van der Waals surface area contributed by atoms with E-state index in [0.717, 1.165) is 5.56 Å². The number of ether oxygens (including phenoxy) is 2. The van der Waals surface area contributed by atoms with E-state index in [-0.39, 0.29) is 30.7 Å². The van der Waals surface area contributed by atoms with Crippen molar-refractivity contribution < 1.29 is 28.7 Å². The number of nitrogens with zero attached hydrogens (tertiary/aromatic N) is 2. The van der Waals surface area contributed by atoms with Gasteiger partial charge in [-0.1, -0.05) is 6.07 Å². The highest BCUT2D eigenvalue weighted by Crippen LogP contribution is 2.28. The molecule has 1 aliphatic rings. The van der Waals surface area contributed by atoms with Crippen LogP contribution >= 0.6 is 0 Å². The summed E-state index contributed by atoms with van der Waals surface area (Å²) in [4.78, 5) is 53.3. The first-order chi connectivity index (χ1) is 17.6. The number of likely N-dealkylation sites (N-methyl/N-ethyl adjacent to an activating group) is 1. The molecule has 2 rings (SSSR count). The number of carbonyl (C=O) groups excluding carboxylic acids is 4. The Hall–Kier alpha value is -3.34. The zero-order valence-electron chi connectivity index (χ0n) is 22.4. The van der Waals surface area contributed by atoms with Gasteiger partial charge in [0, 0.05) is 39.6 Å². The lowest BCUT2D eigenvalue weighted by Gasteiger charge is -2.26. The Bertz CT molecular complexity index is 938. The first-order valence-corrected chi connectivity index (χ1v) is 12.8. The highest BCUT2D eigenvalue weighted by atomic mass is 16.5. The molecular weight excluding hydrogens is 478 g/mol. The molecule has 4 amide bonds. The summed E-state index contributed by atoms with van der Waals surface area (Å²) < 4.78 is 11.0. The van der Waals surface area contributed by atoms with Crippen molar-refractivity contribution in [3.8, 4) is 11.5 Å². The van der Waals surface area contributed by atoms with Crippen LogP contribution in [0, 0.1) is 0 Å². The molecule has 0 saturated carbocycles. The summed E-state index contributed by atoms with van der Waals surface area (Å²) in [6.07, 6.45) is 2.74. The topological polar surface area (TPSA) is 143 Å². The van der Waals surface area contributed by atoms with Crippen LogP contribution in [0.15, 0.2) is 18.2 Å². The summed E-state index contributed by atoms with van der Waals surface area (Å²) in [6.45, 7) is 4.93. The molecule has 0 radical (unpaired) electrons. The van der Waals surface area contributed by atoms with Crippen LogP contribution in [0.4, 0.5) is 0 Å². The zero-order valence-corrected chi connectivity index (χ0v) is 22.4. The fraction of sp³-hybridized carbons (Fsp3) is 0.615. The number of fused-ring (bicyclic) bond motifs is 2. The van der Waals surface area contributed by atoms with Gasteiger partial charge < -0.3 is 35.6 Å². The number of methoxy groups -OCH3 is 1. The molecule has 11 nitrogen and oxygen atoms in total. The predicted octanol–water partition coefficient (Wildman–Crippen LogP) is 0.446. The maximum atomic E-state index is 12.7. The van der Waals surface area contributed by atoms with Crippen molar-refractivity contribution in [1.29, 1.82) is 0 Å². The molecule has 11 heteroatoms. The van der Waals surface area contributed by atoms with Crippen molar-refractivity contribution in [3.63, 3.8) is 0 Å². The summed E-state index contributed by atoms with van der Waals surface area (Å²) in [5.41, 5.74) is 6.67. The number of amides is 4. The number of benzene rings is 1. The van der Waals surface area contributed by atoms with E-state index in [0.29, 0.717) is 63.4 Å².